The van der Waals surface area contributed by atoms with Gasteiger partial charge in [0.25, 0.3) is 5.91 Å². The molecule has 0 saturated carbocycles. The van der Waals surface area contributed by atoms with Crippen LogP contribution in [0.4, 0.5) is 0 Å². The number of fused-ring (bicyclic) bond motifs is 1. The maximum atomic E-state index is 12.2. The summed E-state index contributed by atoms with van der Waals surface area (Å²) in [5.74, 6) is 0.182. The highest BCUT2D eigenvalue weighted by Gasteiger charge is 2.41. The molecule has 0 bridgehead atoms. The summed E-state index contributed by atoms with van der Waals surface area (Å²) in [6.45, 7) is 0.337. The van der Waals surface area contributed by atoms with Gasteiger partial charge in [0.2, 0.25) is 0 Å². The maximum absolute atomic E-state index is 12.2. The zero-order chi connectivity index (χ0) is 14.0. The van der Waals surface area contributed by atoms with Gasteiger partial charge < -0.3 is 4.74 Å². The van der Waals surface area contributed by atoms with Crippen molar-refractivity contribution >= 4 is 32.6 Å². The number of hydrogen-bond acceptors (Lipinski definition) is 4. The summed E-state index contributed by atoms with van der Waals surface area (Å²) in [6, 6.07) is 4.75. The Bertz CT molecular complexity index is 495. The van der Waals surface area contributed by atoms with Crippen molar-refractivity contribution in [3.8, 4) is 5.75 Å². The summed E-state index contributed by atoms with van der Waals surface area (Å²) in [5, 5.41) is 0.828. The van der Waals surface area contributed by atoms with E-state index in [0.29, 0.717) is 17.9 Å². The molecule has 1 amide bonds. The van der Waals surface area contributed by atoms with Gasteiger partial charge in [-0.1, -0.05) is 26.7 Å². The van der Waals surface area contributed by atoms with Crippen LogP contribution in [0.1, 0.15) is 23.2 Å². The van der Waals surface area contributed by atoms with Crippen LogP contribution in [0, 0.1) is 0 Å². The standard InChI is InChI=1S/C12H16BrNO4S/c1-18-9-4-5-10-11(8-9)19(16,17)14(12(10)15)7-3-2-6-13/h4-5,8,16-17H,2-3,6-7H2,1H3. The van der Waals surface area contributed by atoms with E-state index in [0.717, 1.165) is 18.2 Å². The molecular weight excluding hydrogens is 334 g/mol. The molecule has 1 aromatic carbocycles. The number of carbonyl (C=O) groups excluding carboxylic acids is 1. The lowest BCUT2D eigenvalue weighted by atomic mass is 10.2. The van der Waals surface area contributed by atoms with Crippen molar-refractivity contribution in [1.29, 1.82) is 0 Å². The van der Waals surface area contributed by atoms with Crippen LogP contribution in [0.25, 0.3) is 0 Å². The summed E-state index contributed by atoms with van der Waals surface area (Å²) in [4.78, 5) is 12.4. The molecular formula is C12H16BrNO4S. The Balaban J connectivity index is 2.30. The van der Waals surface area contributed by atoms with Crippen LogP contribution in [0.15, 0.2) is 23.1 Å². The van der Waals surface area contributed by atoms with Crippen molar-refractivity contribution < 1.29 is 18.6 Å². The van der Waals surface area contributed by atoms with Gasteiger partial charge in [-0.15, -0.1) is 0 Å². The lowest BCUT2D eigenvalue weighted by Gasteiger charge is -2.36. The zero-order valence-electron chi connectivity index (χ0n) is 10.5. The van der Waals surface area contributed by atoms with E-state index in [1.165, 1.54) is 17.5 Å². The van der Waals surface area contributed by atoms with Crippen molar-refractivity contribution in [2.24, 2.45) is 0 Å². The molecule has 0 atom stereocenters. The first-order valence-electron chi connectivity index (χ1n) is 5.86. The molecule has 0 saturated heterocycles. The van der Waals surface area contributed by atoms with E-state index in [4.69, 9.17) is 4.74 Å². The van der Waals surface area contributed by atoms with Crippen LogP contribution in [0.5, 0.6) is 5.75 Å². The van der Waals surface area contributed by atoms with Crippen molar-refractivity contribution in [2.75, 3.05) is 19.0 Å². The van der Waals surface area contributed by atoms with Gasteiger partial charge in [-0.2, -0.15) is 0 Å². The van der Waals surface area contributed by atoms with Crippen molar-refractivity contribution in [3.63, 3.8) is 0 Å². The number of hydrogen-bond donors (Lipinski definition) is 2. The molecule has 0 aliphatic carbocycles. The Kier molecular flexibility index (Phi) is 4.39. The molecule has 1 aromatic rings. The van der Waals surface area contributed by atoms with Gasteiger partial charge in [-0.25, -0.2) is 4.31 Å². The van der Waals surface area contributed by atoms with Crippen LogP contribution in [0.3, 0.4) is 0 Å². The lowest BCUT2D eigenvalue weighted by Crippen LogP contribution is -2.28. The summed E-state index contributed by atoms with van der Waals surface area (Å²) in [6.07, 6.45) is 1.59. The molecule has 5 nitrogen and oxygen atoms in total. The van der Waals surface area contributed by atoms with Gasteiger partial charge in [0.15, 0.2) is 0 Å². The highest BCUT2D eigenvalue weighted by molar-refractivity contribution is 9.09. The molecule has 2 N–H and O–H groups in total. The maximum Gasteiger partial charge on any atom is 0.274 e. The van der Waals surface area contributed by atoms with E-state index in [1.54, 1.807) is 12.1 Å². The fourth-order valence-corrected chi connectivity index (χ4v) is 4.05. The van der Waals surface area contributed by atoms with Crippen molar-refractivity contribution in [1.82, 2.24) is 4.31 Å². The second kappa shape index (κ2) is 5.70. The molecule has 0 spiro atoms. The quantitative estimate of drug-likeness (QED) is 0.631. The number of nitrogens with zero attached hydrogens (tertiary/aromatic N) is 1. The zero-order valence-corrected chi connectivity index (χ0v) is 12.9. The van der Waals surface area contributed by atoms with Gasteiger partial charge in [0.05, 0.1) is 17.6 Å². The largest absolute Gasteiger partial charge is 0.497 e. The molecule has 2 rings (SSSR count). The van der Waals surface area contributed by atoms with E-state index in [1.807, 2.05) is 0 Å². The minimum atomic E-state index is -3.22. The fraction of sp³-hybridized carbons (Fsp3) is 0.417. The number of ether oxygens (including phenoxy) is 1. The second-order valence-corrected chi connectivity index (χ2v) is 6.90. The third kappa shape index (κ3) is 2.60. The summed E-state index contributed by atoms with van der Waals surface area (Å²) < 4.78 is 26.8. The Morgan fingerprint density at radius 1 is 1.37 bits per heavy atom. The van der Waals surface area contributed by atoms with E-state index < -0.39 is 10.8 Å². The van der Waals surface area contributed by atoms with Crippen LogP contribution in [-0.2, 0) is 0 Å². The molecule has 1 aliphatic heterocycles. The van der Waals surface area contributed by atoms with E-state index >= 15 is 0 Å². The van der Waals surface area contributed by atoms with Crippen molar-refractivity contribution in [2.45, 2.75) is 17.7 Å². The monoisotopic (exact) mass is 349 g/mol. The number of rotatable bonds is 5. The Morgan fingerprint density at radius 2 is 2.11 bits per heavy atom. The number of carbonyl (C=O) groups is 1. The van der Waals surface area contributed by atoms with Crippen molar-refractivity contribution in [3.05, 3.63) is 23.8 Å². The lowest BCUT2D eigenvalue weighted by molar-refractivity contribution is 0.0861. The number of alkyl halides is 1. The summed E-state index contributed by atoms with van der Waals surface area (Å²) in [7, 11) is -1.72. The molecule has 7 heteroatoms. The highest BCUT2D eigenvalue weighted by atomic mass is 79.9. The third-order valence-electron chi connectivity index (χ3n) is 2.99. The van der Waals surface area contributed by atoms with Crippen LogP contribution in [-0.4, -0.2) is 38.3 Å². The van der Waals surface area contributed by atoms with Gasteiger partial charge >= 0.3 is 0 Å². The Labute approximate surface area is 122 Å². The van der Waals surface area contributed by atoms with Gasteiger partial charge in [0, 0.05) is 17.9 Å². The molecule has 1 heterocycles. The minimum Gasteiger partial charge on any atom is -0.497 e. The molecule has 1 aliphatic rings. The average molecular weight is 350 g/mol. The summed E-state index contributed by atoms with van der Waals surface area (Å²) >= 11 is 3.31. The first-order chi connectivity index (χ1) is 9.02. The molecule has 0 fully saturated rings. The van der Waals surface area contributed by atoms with Gasteiger partial charge in [-0.3, -0.25) is 13.9 Å². The smallest absolute Gasteiger partial charge is 0.274 e. The SMILES string of the molecule is COc1ccc2c(c1)S(O)(O)N(CCCCBr)C2=O. The first-order valence-corrected chi connectivity index (χ1v) is 8.49. The van der Waals surface area contributed by atoms with E-state index in [9.17, 15) is 13.9 Å². The fourth-order valence-electron chi connectivity index (χ4n) is 1.98. The van der Waals surface area contributed by atoms with Crippen LogP contribution < -0.4 is 4.74 Å². The normalized spacial score (nSPS) is 18.3. The Morgan fingerprint density at radius 3 is 2.74 bits per heavy atom. The molecule has 0 aromatic heterocycles. The van der Waals surface area contributed by atoms with E-state index in [2.05, 4.69) is 15.9 Å². The number of methoxy groups -OCH3 is 1. The summed E-state index contributed by atoms with van der Waals surface area (Å²) in [5.41, 5.74) is 0.347. The predicted octanol–water partition coefficient (Wildman–Crippen LogP) is 3.35. The number of amides is 1. The van der Waals surface area contributed by atoms with Crippen LogP contribution in [0.2, 0.25) is 0 Å². The topological polar surface area (TPSA) is 70.0 Å². The molecule has 0 unspecified atom stereocenters. The predicted molar refractivity (Wildman–Crippen MR) is 78.2 cm³/mol. The molecule has 0 radical (unpaired) electrons. The Hall–Kier alpha value is -0.760. The van der Waals surface area contributed by atoms with Crippen LogP contribution >= 0.6 is 26.7 Å². The molecule has 106 valence electrons. The highest BCUT2D eigenvalue weighted by Crippen LogP contribution is 2.59. The van der Waals surface area contributed by atoms with Gasteiger partial charge in [0.1, 0.15) is 5.75 Å². The minimum absolute atomic E-state index is 0.260. The van der Waals surface area contributed by atoms with Gasteiger partial charge in [-0.05, 0) is 25.0 Å². The second-order valence-electron chi connectivity index (χ2n) is 4.18. The average Bonchev–Trinajstić information content (AvgIpc) is 2.59. The number of halogens is 1. The third-order valence-corrected chi connectivity index (χ3v) is 5.44. The van der Waals surface area contributed by atoms with E-state index in [-0.39, 0.29) is 10.8 Å². The first kappa shape index (κ1) is 14.6. The number of unbranched alkanes of at least 4 members (excludes halogenated alkanes) is 1. The number of benzene rings is 1. The molecule has 19 heavy (non-hydrogen) atoms.